The average molecular weight is 344 g/mol. The number of halogens is 1. The Morgan fingerprint density at radius 3 is 2.87 bits per heavy atom. The number of alkyl halides is 1. The summed E-state index contributed by atoms with van der Waals surface area (Å²) < 4.78 is 0. The normalized spacial score (nSPS) is 40.8. The van der Waals surface area contributed by atoms with E-state index in [9.17, 15) is 4.79 Å². The van der Waals surface area contributed by atoms with Gasteiger partial charge in [-0.25, -0.2) is 5.43 Å². The van der Waals surface area contributed by atoms with Crippen molar-refractivity contribution in [3.63, 3.8) is 0 Å². The van der Waals surface area contributed by atoms with Gasteiger partial charge in [-0.2, -0.15) is 0 Å². The van der Waals surface area contributed by atoms with E-state index < -0.39 is 5.38 Å². The monoisotopic (exact) mass is 343 g/mol. The predicted molar refractivity (Wildman–Crippen MR) is 92.4 cm³/mol. The smallest absolute Gasteiger partial charge is 0.253 e. The van der Waals surface area contributed by atoms with Gasteiger partial charge in [-0.1, -0.05) is 0 Å². The molecule has 0 bridgehead atoms. The number of piperidine rings is 1. The van der Waals surface area contributed by atoms with Crippen molar-refractivity contribution in [2.45, 2.75) is 50.2 Å². The third-order valence-electron chi connectivity index (χ3n) is 5.72. The maximum absolute atomic E-state index is 11.8. The molecular weight excluding hydrogens is 314 g/mol. The lowest BCUT2D eigenvalue weighted by Crippen LogP contribution is -2.66. The number of hydrogen-bond donors (Lipinski definition) is 3. The Bertz CT molecular complexity index is 423. The molecule has 0 aromatic carbocycles. The van der Waals surface area contributed by atoms with Gasteiger partial charge in [0.15, 0.2) is 0 Å². The molecule has 5 atom stereocenters. The fourth-order valence-electron chi connectivity index (χ4n) is 4.27. The first-order valence-electron chi connectivity index (χ1n) is 8.94. The molecule has 3 aliphatic rings. The zero-order valence-corrected chi connectivity index (χ0v) is 15.0. The van der Waals surface area contributed by atoms with Crippen LogP contribution in [-0.4, -0.2) is 78.5 Å². The maximum Gasteiger partial charge on any atom is 0.253 e. The molecule has 3 rings (SSSR count). The summed E-state index contributed by atoms with van der Waals surface area (Å²) in [5.74, 6) is 0.644. The van der Waals surface area contributed by atoms with Gasteiger partial charge in [0.1, 0.15) is 5.38 Å². The minimum absolute atomic E-state index is 0.0813. The van der Waals surface area contributed by atoms with E-state index in [2.05, 4.69) is 39.8 Å². The Labute approximate surface area is 144 Å². The number of carbonyl (C=O) groups excluding carboxylic acids is 1. The number of amides is 1. The highest BCUT2D eigenvalue weighted by atomic mass is 35.5. The molecule has 0 aliphatic carbocycles. The Kier molecular flexibility index (Phi) is 5.80. The largest absolute Gasteiger partial charge is 0.314 e. The average Bonchev–Trinajstić information content (AvgIpc) is 2.53. The molecule has 0 spiro atoms. The molecule has 132 valence electrons. The van der Waals surface area contributed by atoms with Crippen LogP contribution in [0.1, 0.15) is 26.7 Å². The van der Waals surface area contributed by atoms with Crippen molar-refractivity contribution in [2.75, 3.05) is 39.3 Å². The molecule has 3 heterocycles. The van der Waals surface area contributed by atoms with Crippen LogP contribution in [-0.2, 0) is 4.79 Å². The first-order chi connectivity index (χ1) is 11.1. The highest BCUT2D eigenvalue weighted by molar-refractivity contribution is 6.31. The second-order valence-corrected chi connectivity index (χ2v) is 7.80. The summed E-state index contributed by atoms with van der Waals surface area (Å²) >= 11 is 6.33. The van der Waals surface area contributed by atoms with Crippen molar-refractivity contribution in [1.82, 2.24) is 26.0 Å². The number of hydrazine groups is 1. The van der Waals surface area contributed by atoms with Crippen LogP contribution in [0.4, 0.5) is 0 Å². The zero-order valence-electron chi connectivity index (χ0n) is 14.2. The number of rotatable bonds is 3. The summed E-state index contributed by atoms with van der Waals surface area (Å²) in [6.07, 6.45) is 2.63. The SMILES string of the molecule is CC1NCCCC1CN1CCN(C2CNNC(=O)C2Cl)[C@H](C)C1. The number of carbonyl (C=O) groups is 1. The number of nitrogens with zero attached hydrogens (tertiary/aromatic N) is 2. The van der Waals surface area contributed by atoms with E-state index in [0.29, 0.717) is 18.6 Å². The van der Waals surface area contributed by atoms with Gasteiger partial charge in [0.2, 0.25) is 0 Å². The van der Waals surface area contributed by atoms with Crippen LogP contribution < -0.4 is 16.2 Å². The second-order valence-electron chi connectivity index (χ2n) is 7.33. The zero-order chi connectivity index (χ0) is 16.4. The van der Waals surface area contributed by atoms with Crippen molar-refractivity contribution in [2.24, 2.45) is 5.92 Å². The van der Waals surface area contributed by atoms with Gasteiger partial charge in [0.05, 0.1) is 0 Å². The van der Waals surface area contributed by atoms with E-state index in [1.54, 1.807) is 0 Å². The van der Waals surface area contributed by atoms with E-state index in [0.717, 1.165) is 32.1 Å². The van der Waals surface area contributed by atoms with Crippen LogP contribution in [0.15, 0.2) is 0 Å². The number of piperazine rings is 1. The molecule has 3 fully saturated rings. The Balaban J connectivity index is 1.53. The van der Waals surface area contributed by atoms with Crippen molar-refractivity contribution in [3.8, 4) is 0 Å². The standard InChI is InChI=1S/C16H30ClN5O/c1-11-9-21(10-13-4-3-5-18-12(13)2)6-7-22(11)14-8-19-20-16(23)15(14)17/h11-15,18-19H,3-10H2,1-2H3,(H,20,23)/t11-,12?,13?,14?,15?/m1/s1. The lowest BCUT2D eigenvalue weighted by molar-refractivity contribution is -0.125. The highest BCUT2D eigenvalue weighted by Crippen LogP contribution is 2.23. The Hall–Kier alpha value is -0.400. The fourth-order valence-corrected chi connectivity index (χ4v) is 4.56. The van der Waals surface area contributed by atoms with Crippen LogP contribution in [0, 0.1) is 5.92 Å². The lowest BCUT2D eigenvalue weighted by Gasteiger charge is -2.47. The van der Waals surface area contributed by atoms with Gasteiger partial charge in [-0.05, 0) is 39.2 Å². The molecule has 3 N–H and O–H groups in total. The maximum atomic E-state index is 11.8. The Morgan fingerprint density at radius 2 is 2.13 bits per heavy atom. The predicted octanol–water partition coefficient (Wildman–Crippen LogP) is -0.00900. The molecule has 0 radical (unpaired) electrons. The molecule has 3 aliphatic heterocycles. The van der Waals surface area contributed by atoms with Gasteiger partial charge in [-0.3, -0.25) is 15.1 Å². The van der Waals surface area contributed by atoms with E-state index >= 15 is 0 Å². The minimum atomic E-state index is -0.465. The van der Waals surface area contributed by atoms with E-state index in [4.69, 9.17) is 11.6 Å². The number of hydrogen-bond acceptors (Lipinski definition) is 5. The first-order valence-corrected chi connectivity index (χ1v) is 9.38. The summed E-state index contributed by atoms with van der Waals surface area (Å²) in [6, 6.07) is 1.13. The van der Waals surface area contributed by atoms with Crippen LogP contribution >= 0.6 is 11.6 Å². The second kappa shape index (κ2) is 7.66. The van der Waals surface area contributed by atoms with Gasteiger partial charge >= 0.3 is 0 Å². The number of nitrogens with one attached hydrogen (secondary N) is 3. The Morgan fingerprint density at radius 1 is 1.30 bits per heavy atom. The molecule has 6 nitrogen and oxygen atoms in total. The van der Waals surface area contributed by atoms with Crippen molar-refractivity contribution in [3.05, 3.63) is 0 Å². The molecule has 4 unspecified atom stereocenters. The third kappa shape index (κ3) is 3.99. The third-order valence-corrected chi connectivity index (χ3v) is 6.21. The van der Waals surface area contributed by atoms with Gasteiger partial charge in [0, 0.05) is 50.8 Å². The fraction of sp³-hybridized carbons (Fsp3) is 0.938. The topological polar surface area (TPSA) is 59.6 Å². The van der Waals surface area contributed by atoms with Crippen molar-refractivity contribution < 1.29 is 4.79 Å². The first kappa shape index (κ1) is 17.4. The van der Waals surface area contributed by atoms with Crippen LogP contribution in [0.2, 0.25) is 0 Å². The summed E-state index contributed by atoms with van der Waals surface area (Å²) in [4.78, 5) is 16.8. The van der Waals surface area contributed by atoms with Gasteiger partial charge < -0.3 is 10.2 Å². The van der Waals surface area contributed by atoms with E-state index in [1.165, 1.54) is 19.4 Å². The molecule has 0 saturated carbocycles. The van der Waals surface area contributed by atoms with Crippen LogP contribution in [0.25, 0.3) is 0 Å². The van der Waals surface area contributed by atoms with E-state index in [-0.39, 0.29) is 11.9 Å². The van der Waals surface area contributed by atoms with E-state index in [1.807, 2.05) is 0 Å². The molecule has 23 heavy (non-hydrogen) atoms. The lowest BCUT2D eigenvalue weighted by atomic mass is 9.91. The van der Waals surface area contributed by atoms with Crippen molar-refractivity contribution >= 4 is 17.5 Å². The molecule has 3 saturated heterocycles. The summed E-state index contributed by atoms with van der Waals surface area (Å²) in [7, 11) is 0. The molecule has 0 aromatic heterocycles. The quantitative estimate of drug-likeness (QED) is 0.629. The van der Waals surface area contributed by atoms with Gasteiger partial charge in [-0.15, -0.1) is 11.6 Å². The summed E-state index contributed by atoms with van der Waals surface area (Å²) in [6.45, 7) is 10.7. The van der Waals surface area contributed by atoms with Crippen LogP contribution in [0.3, 0.4) is 0 Å². The molecular formula is C16H30ClN5O. The highest BCUT2D eigenvalue weighted by Gasteiger charge is 2.39. The molecule has 1 amide bonds. The summed E-state index contributed by atoms with van der Waals surface area (Å²) in [5.41, 5.74) is 5.59. The molecule has 0 aromatic rings. The molecule has 7 heteroatoms. The van der Waals surface area contributed by atoms with Crippen molar-refractivity contribution in [1.29, 1.82) is 0 Å². The summed E-state index contributed by atoms with van der Waals surface area (Å²) in [5, 5.41) is 3.13. The van der Waals surface area contributed by atoms with Crippen LogP contribution in [0.5, 0.6) is 0 Å². The van der Waals surface area contributed by atoms with Gasteiger partial charge in [0.25, 0.3) is 5.91 Å². The minimum Gasteiger partial charge on any atom is -0.314 e.